The summed E-state index contributed by atoms with van der Waals surface area (Å²) in [5.74, 6) is 0.160. The molecule has 2 aliphatic heterocycles. The van der Waals surface area contributed by atoms with Crippen molar-refractivity contribution in [1.82, 2.24) is 14.8 Å². The maximum atomic E-state index is 14.1. The lowest BCUT2D eigenvalue weighted by Gasteiger charge is -2.42. The highest BCUT2D eigenvalue weighted by Crippen LogP contribution is 2.41. The third-order valence-electron chi connectivity index (χ3n) is 6.68. The third-order valence-corrected chi connectivity index (χ3v) is 6.68. The fourth-order valence-electron chi connectivity index (χ4n) is 4.73. The lowest BCUT2D eigenvalue weighted by molar-refractivity contribution is 0.00488. The number of rotatable bonds is 7. The number of nitrogens with one attached hydrogen (secondary N) is 1. The van der Waals surface area contributed by atoms with Crippen LogP contribution in [0, 0.1) is 23.2 Å². The highest BCUT2D eigenvalue weighted by Gasteiger charge is 2.38. The number of pyridine rings is 1. The first kappa shape index (κ1) is 26.2. The predicted molar refractivity (Wildman–Crippen MR) is 136 cm³/mol. The molecule has 4 rings (SSSR count). The number of carbonyl (C=O) groups is 2. The van der Waals surface area contributed by atoms with Crippen molar-refractivity contribution < 1.29 is 19.1 Å². The Bertz CT molecular complexity index is 1010. The quantitative estimate of drug-likeness (QED) is 0.606. The molecule has 1 aliphatic carbocycles. The van der Waals surface area contributed by atoms with E-state index in [1.807, 2.05) is 31.9 Å². The van der Waals surface area contributed by atoms with Crippen molar-refractivity contribution in [2.75, 3.05) is 38.2 Å². The molecule has 1 N–H and O–H groups in total. The average Bonchev–Trinajstić information content (AvgIpc) is 3.63. The second-order valence-corrected chi connectivity index (χ2v) is 11.8. The number of piperidine rings is 1. The van der Waals surface area contributed by atoms with E-state index in [1.165, 1.54) is 0 Å². The van der Waals surface area contributed by atoms with Crippen LogP contribution in [0.2, 0.25) is 0 Å². The Morgan fingerprint density at radius 1 is 1.31 bits per heavy atom. The summed E-state index contributed by atoms with van der Waals surface area (Å²) in [7, 11) is 0. The Balaban J connectivity index is 1.61. The van der Waals surface area contributed by atoms with Crippen LogP contribution in [0.15, 0.2) is 12.3 Å². The van der Waals surface area contributed by atoms with Gasteiger partial charge in [0.15, 0.2) is 5.69 Å². The van der Waals surface area contributed by atoms with Gasteiger partial charge in [0.25, 0.3) is 5.91 Å². The van der Waals surface area contributed by atoms with Gasteiger partial charge in [0.05, 0.1) is 43.0 Å². The van der Waals surface area contributed by atoms with Gasteiger partial charge in [-0.1, -0.05) is 13.8 Å². The first-order valence-corrected chi connectivity index (χ1v) is 13.1. The topological polar surface area (TPSA) is 108 Å². The van der Waals surface area contributed by atoms with Crippen molar-refractivity contribution in [1.29, 1.82) is 5.26 Å². The standard InChI is InChI=1S/C27H39N5O4/c1-17(2)12-32(22-8-18(10-28)13-31(14-22)26(34)36-27(3,4)5)25(33)24-23(30-21-15-35-16-21)9-20(11-29-24)19-6-7-19/h9,11,17-19,21-22,30H,6-8,12-16H2,1-5H3/t18-,22-/m0/s1. The fourth-order valence-corrected chi connectivity index (χ4v) is 4.73. The molecule has 2 atom stereocenters. The molecule has 0 spiro atoms. The number of aromatic nitrogens is 1. The Labute approximate surface area is 214 Å². The van der Waals surface area contributed by atoms with E-state index in [-0.39, 0.29) is 29.8 Å². The number of hydrogen-bond acceptors (Lipinski definition) is 7. The molecule has 196 valence electrons. The molecule has 0 unspecified atom stereocenters. The number of ether oxygens (including phenoxy) is 2. The van der Waals surface area contributed by atoms with Crippen LogP contribution in [0.5, 0.6) is 0 Å². The van der Waals surface area contributed by atoms with Gasteiger partial charge in [-0.2, -0.15) is 5.26 Å². The third kappa shape index (κ3) is 6.47. The Hall–Kier alpha value is -2.86. The van der Waals surface area contributed by atoms with Crippen LogP contribution < -0.4 is 5.32 Å². The van der Waals surface area contributed by atoms with Crippen LogP contribution in [0.1, 0.15) is 75.9 Å². The Morgan fingerprint density at radius 3 is 2.58 bits per heavy atom. The molecule has 2 amide bonds. The van der Waals surface area contributed by atoms with Crippen LogP contribution in [-0.4, -0.2) is 77.3 Å². The number of anilines is 1. The minimum atomic E-state index is -0.640. The van der Waals surface area contributed by atoms with E-state index in [0.717, 1.165) is 24.1 Å². The molecule has 9 heteroatoms. The molecule has 0 bridgehead atoms. The molecule has 36 heavy (non-hydrogen) atoms. The van der Waals surface area contributed by atoms with Crippen LogP contribution in [0.4, 0.5) is 10.5 Å². The van der Waals surface area contributed by atoms with E-state index in [2.05, 4.69) is 36.3 Å². The summed E-state index contributed by atoms with van der Waals surface area (Å²) in [5.41, 5.74) is 1.64. The fraction of sp³-hybridized carbons (Fsp3) is 0.704. The van der Waals surface area contributed by atoms with Crippen molar-refractivity contribution in [3.63, 3.8) is 0 Å². The zero-order chi connectivity index (χ0) is 26.0. The summed E-state index contributed by atoms with van der Waals surface area (Å²) in [4.78, 5) is 35.0. The van der Waals surface area contributed by atoms with Crippen molar-refractivity contribution in [3.05, 3.63) is 23.5 Å². The SMILES string of the molecule is CC(C)CN(C(=O)c1ncc(C2CC2)cc1NC1COC1)[C@H]1C[C@@H](C#N)CN(C(=O)OC(C)(C)C)C1. The molecule has 3 heterocycles. The predicted octanol–water partition coefficient (Wildman–Crippen LogP) is 4.02. The summed E-state index contributed by atoms with van der Waals surface area (Å²) < 4.78 is 10.9. The molecule has 3 aliphatic rings. The smallest absolute Gasteiger partial charge is 0.410 e. The zero-order valence-corrected chi connectivity index (χ0v) is 22.1. The van der Waals surface area contributed by atoms with E-state index in [0.29, 0.717) is 50.9 Å². The maximum absolute atomic E-state index is 14.1. The summed E-state index contributed by atoms with van der Waals surface area (Å²) in [6.07, 6.45) is 4.18. The van der Waals surface area contributed by atoms with E-state index in [9.17, 15) is 14.9 Å². The summed E-state index contributed by atoms with van der Waals surface area (Å²) in [6.45, 7) is 11.9. The molecule has 1 saturated carbocycles. The first-order chi connectivity index (χ1) is 17.0. The first-order valence-electron chi connectivity index (χ1n) is 13.1. The molecule has 0 radical (unpaired) electrons. The molecule has 3 fully saturated rings. The number of hydrogen-bond donors (Lipinski definition) is 1. The maximum Gasteiger partial charge on any atom is 0.410 e. The van der Waals surface area contributed by atoms with Crippen molar-refractivity contribution in [3.8, 4) is 6.07 Å². The van der Waals surface area contributed by atoms with Crippen LogP contribution in [0.3, 0.4) is 0 Å². The summed E-state index contributed by atoms with van der Waals surface area (Å²) in [5, 5.41) is 13.2. The summed E-state index contributed by atoms with van der Waals surface area (Å²) in [6, 6.07) is 4.23. The number of amides is 2. The molecule has 9 nitrogen and oxygen atoms in total. The van der Waals surface area contributed by atoms with Crippen LogP contribution in [-0.2, 0) is 9.47 Å². The lowest BCUT2D eigenvalue weighted by Crippen LogP contribution is -2.55. The van der Waals surface area contributed by atoms with Crippen LogP contribution >= 0.6 is 0 Å². The normalized spacial score (nSPS) is 22.5. The molecule has 2 saturated heterocycles. The lowest BCUT2D eigenvalue weighted by atomic mass is 9.93. The van der Waals surface area contributed by atoms with E-state index in [1.54, 1.807) is 4.90 Å². The Kier molecular flexibility index (Phi) is 7.74. The molecule has 1 aromatic heterocycles. The Morgan fingerprint density at radius 2 is 2.03 bits per heavy atom. The van der Waals surface area contributed by atoms with E-state index in [4.69, 9.17) is 9.47 Å². The van der Waals surface area contributed by atoms with Crippen molar-refractivity contribution in [2.24, 2.45) is 11.8 Å². The van der Waals surface area contributed by atoms with Gasteiger partial charge in [-0.15, -0.1) is 0 Å². The van der Waals surface area contributed by atoms with Gasteiger partial charge >= 0.3 is 6.09 Å². The second-order valence-electron chi connectivity index (χ2n) is 11.8. The van der Waals surface area contributed by atoms with Crippen molar-refractivity contribution in [2.45, 2.75) is 77.5 Å². The highest BCUT2D eigenvalue weighted by molar-refractivity contribution is 5.98. The minimum Gasteiger partial charge on any atom is -0.444 e. The second kappa shape index (κ2) is 10.6. The number of likely N-dealkylation sites (tertiary alicyclic amines) is 1. The average molecular weight is 498 g/mol. The molecular weight excluding hydrogens is 458 g/mol. The van der Waals surface area contributed by atoms with Gasteiger partial charge < -0.3 is 24.6 Å². The van der Waals surface area contributed by atoms with Gasteiger partial charge in [-0.05, 0) is 63.5 Å². The summed E-state index contributed by atoms with van der Waals surface area (Å²) >= 11 is 0. The number of carbonyl (C=O) groups excluding carboxylic acids is 2. The molecule has 0 aromatic carbocycles. The van der Waals surface area contributed by atoms with Crippen molar-refractivity contribution >= 4 is 17.7 Å². The monoisotopic (exact) mass is 497 g/mol. The van der Waals surface area contributed by atoms with E-state index < -0.39 is 11.7 Å². The minimum absolute atomic E-state index is 0.159. The van der Waals surface area contributed by atoms with E-state index >= 15 is 0 Å². The number of nitriles is 1. The zero-order valence-electron chi connectivity index (χ0n) is 22.1. The van der Waals surface area contributed by atoms with Gasteiger partial charge in [-0.25, -0.2) is 9.78 Å². The highest BCUT2D eigenvalue weighted by atomic mass is 16.6. The van der Waals surface area contributed by atoms with Gasteiger partial charge in [0.2, 0.25) is 0 Å². The molecular formula is C27H39N5O4. The van der Waals surface area contributed by atoms with Gasteiger partial charge in [-0.3, -0.25) is 4.79 Å². The molecule has 1 aromatic rings. The van der Waals surface area contributed by atoms with Gasteiger partial charge in [0.1, 0.15) is 5.60 Å². The number of nitrogens with zero attached hydrogens (tertiary/aromatic N) is 4. The largest absolute Gasteiger partial charge is 0.444 e. The van der Waals surface area contributed by atoms with Gasteiger partial charge in [0, 0.05) is 25.8 Å². The van der Waals surface area contributed by atoms with Crippen LogP contribution in [0.25, 0.3) is 0 Å².